The van der Waals surface area contributed by atoms with Gasteiger partial charge in [-0.15, -0.1) is 0 Å². The van der Waals surface area contributed by atoms with Crippen molar-refractivity contribution in [2.24, 2.45) is 0 Å². The molecule has 1 rings (SSSR count). The maximum Gasteiger partial charge on any atom is 0.404 e. The topological polar surface area (TPSA) is 69.4 Å². The smallest absolute Gasteiger partial charge is 0.404 e. The van der Waals surface area contributed by atoms with E-state index in [-0.39, 0.29) is 17.9 Å². The highest BCUT2D eigenvalue weighted by molar-refractivity contribution is 6.61. The van der Waals surface area contributed by atoms with Crippen LogP contribution >= 0.6 is 23.2 Å². The molecule has 0 heterocycles. The zero-order valence-electron chi connectivity index (χ0n) is 7.28. The number of benzene rings is 1. The number of carbonyl (C=O) groups is 1. The van der Waals surface area contributed by atoms with Crippen molar-refractivity contribution in [3.05, 3.63) is 38.9 Å². The van der Waals surface area contributed by atoms with Crippen LogP contribution in [0.25, 0.3) is 0 Å². The zero-order chi connectivity index (χ0) is 11.4. The van der Waals surface area contributed by atoms with Crippen LogP contribution in [0.15, 0.2) is 18.2 Å². The number of hydrogen-bond acceptors (Lipinski definition) is 4. The Bertz CT molecular complexity index is 408. The van der Waals surface area contributed by atoms with Gasteiger partial charge in [0.05, 0.1) is 10.5 Å². The summed E-state index contributed by atoms with van der Waals surface area (Å²) in [5.74, 6) is 0. The SMILES string of the molecule is O=C(Cl)OCc1cc(Cl)ccc1[N+](=O)[O-]. The number of carbonyl (C=O) groups excluding carboxylic acids is 1. The minimum atomic E-state index is -1.02. The lowest BCUT2D eigenvalue weighted by Crippen LogP contribution is -1.99. The number of nitro groups is 1. The van der Waals surface area contributed by atoms with Crippen LogP contribution in [-0.4, -0.2) is 10.4 Å². The van der Waals surface area contributed by atoms with Crippen LogP contribution in [0.4, 0.5) is 10.5 Å². The summed E-state index contributed by atoms with van der Waals surface area (Å²) in [5, 5.41) is 10.9. The number of nitro benzene ring substituents is 1. The number of nitrogens with zero attached hydrogens (tertiary/aromatic N) is 1. The Morgan fingerprint density at radius 1 is 1.53 bits per heavy atom. The Morgan fingerprint density at radius 2 is 2.20 bits per heavy atom. The lowest BCUT2D eigenvalue weighted by molar-refractivity contribution is -0.385. The molecule has 0 saturated heterocycles. The predicted octanol–water partition coefficient (Wildman–Crippen LogP) is 3.12. The van der Waals surface area contributed by atoms with Gasteiger partial charge in [0.15, 0.2) is 0 Å². The Balaban J connectivity index is 2.96. The highest BCUT2D eigenvalue weighted by Gasteiger charge is 2.14. The van der Waals surface area contributed by atoms with E-state index in [0.29, 0.717) is 5.02 Å². The van der Waals surface area contributed by atoms with Gasteiger partial charge in [-0.25, -0.2) is 4.79 Å². The maximum absolute atomic E-state index is 10.6. The van der Waals surface area contributed by atoms with Crippen LogP contribution < -0.4 is 0 Å². The highest BCUT2D eigenvalue weighted by atomic mass is 35.5. The first-order chi connectivity index (χ1) is 7.00. The van der Waals surface area contributed by atoms with Gasteiger partial charge >= 0.3 is 5.43 Å². The Labute approximate surface area is 94.7 Å². The van der Waals surface area contributed by atoms with Crippen LogP contribution in [0.3, 0.4) is 0 Å². The molecule has 0 N–H and O–H groups in total. The van der Waals surface area contributed by atoms with Crippen molar-refractivity contribution < 1.29 is 14.5 Å². The Kier molecular flexibility index (Phi) is 3.88. The Morgan fingerprint density at radius 3 is 2.73 bits per heavy atom. The fourth-order valence-corrected chi connectivity index (χ4v) is 1.23. The van der Waals surface area contributed by atoms with E-state index >= 15 is 0 Å². The van der Waals surface area contributed by atoms with Crippen LogP contribution in [0, 0.1) is 10.1 Å². The van der Waals surface area contributed by atoms with Gasteiger partial charge in [0.25, 0.3) is 5.69 Å². The molecule has 7 heteroatoms. The molecule has 0 aliphatic heterocycles. The Hall–Kier alpha value is -1.33. The molecule has 0 saturated carbocycles. The van der Waals surface area contributed by atoms with Crippen LogP contribution in [0.2, 0.25) is 5.02 Å². The van der Waals surface area contributed by atoms with Crippen molar-refractivity contribution in [2.45, 2.75) is 6.61 Å². The fourth-order valence-electron chi connectivity index (χ4n) is 0.982. The summed E-state index contributed by atoms with van der Waals surface area (Å²) >= 11 is 10.6. The third-order valence-corrected chi connectivity index (χ3v) is 1.92. The van der Waals surface area contributed by atoms with Gasteiger partial charge in [-0.1, -0.05) is 11.6 Å². The summed E-state index contributed by atoms with van der Waals surface area (Å²) in [7, 11) is 0. The van der Waals surface area contributed by atoms with E-state index in [1.54, 1.807) is 0 Å². The predicted molar refractivity (Wildman–Crippen MR) is 54.1 cm³/mol. The van der Waals surface area contributed by atoms with Gasteiger partial charge in [0.1, 0.15) is 6.61 Å². The number of hydrogen-bond donors (Lipinski definition) is 0. The van der Waals surface area contributed by atoms with E-state index in [1.165, 1.54) is 18.2 Å². The molecule has 0 aliphatic rings. The maximum atomic E-state index is 10.6. The van der Waals surface area contributed by atoms with E-state index in [1.807, 2.05) is 0 Å². The molecule has 0 amide bonds. The summed E-state index contributed by atoms with van der Waals surface area (Å²) in [6.45, 7) is -0.279. The average Bonchev–Trinajstić information content (AvgIpc) is 2.14. The summed E-state index contributed by atoms with van der Waals surface area (Å²) in [6.07, 6.45) is 0. The van der Waals surface area contributed by atoms with Crippen molar-refractivity contribution >= 4 is 34.3 Å². The monoisotopic (exact) mass is 249 g/mol. The lowest BCUT2D eigenvalue weighted by atomic mass is 10.2. The number of rotatable bonds is 3. The van der Waals surface area contributed by atoms with Crippen LogP contribution in [0.5, 0.6) is 0 Å². The standard InChI is InChI=1S/C8H5Cl2NO4/c9-6-1-2-7(11(13)14)5(3-6)4-15-8(10)12/h1-3H,4H2. The second-order valence-corrected chi connectivity index (χ2v) is 3.30. The third-order valence-electron chi connectivity index (χ3n) is 1.58. The van der Waals surface area contributed by atoms with Gasteiger partial charge in [-0.2, -0.15) is 0 Å². The average molecular weight is 250 g/mol. The molecule has 1 aromatic carbocycles. The molecule has 0 atom stereocenters. The van der Waals surface area contributed by atoms with Crippen molar-refractivity contribution in [2.75, 3.05) is 0 Å². The zero-order valence-corrected chi connectivity index (χ0v) is 8.79. The lowest BCUT2D eigenvalue weighted by Gasteiger charge is -2.02. The number of ether oxygens (including phenoxy) is 1. The van der Waals surface area contributed by atoms with Gasteiger partial charge in [-0.05, 0) is 12.1 Å². The molecule has 0 aromatic heterocycles. The van der Waals surface area contributed by atoms with Crippen molar-refractivity contribution in [1.29, 1.82) is 0 Å². The summed E-state index contributed by atoms with van der Waals surface area (Å²) in [6, 6.07) is 3.96. The quantitative estimate of drug-likeness (QED) is 0.469. The summed E-state index contributed by atoms with van der Waals surface area (Å²) < 4.78 is 4.44. The third kappa shape index (κ3) is 3.38. The van der Waals surface area contributed by atoms with Crippen molar-refractivity contribution in [1.82, 2.24) is 0 Å². The number of halogens is 2. The molecular formula is C8H5Cl2NO4. The molecule has 0 fully saturated rings. The van der Waals surface area contributed by atoms with Gasteiger partial charge in [-0.3, -0.25) is 10.1 Å². The molecule has 0 spiro atoms. The largest absolute Gasteiger partial charge is 0.449 e. The van der Waals surface area contributed by atoms with Crippen LogP contribution in [0.1, 0.15) is 5.56 Å². The summed E-state index contributed by atoms with van der Waals surface area (Å²) in [5.41, 5.74) is -0.997. The highest BCUT2D eigenvalue weighted by Crippen LogP contribution is 2.23. The first-order valence-electron chi connectivity index (χ1n) is 3.76. The molecule has 5 nitrogen and oxygen atoms in total. The van der Waals surface area contributed by atoms with E-state index in [0.717, 1.165) is 0 Å². The molecule has 15 heavy (non-hydrogen) atoms. The van der Waals surface area contributed by atoms with Crippen molar-refractivity contribution in [3.8, 4) is 0 Å². The van der Waals surface area contributed by atoms with Gasteiger partial charge in [0.2, 0.25) is 0 Å². The molecule has 0 radical (unpaired) electrons. The minimum Gasteiger partial charge on any atom is -0.449 e. The van der Waals surface area contributed by atoms with Crippen LogP contribution in [-0.2, 0) is 11.3 Å². The van der Waals surface area contributed by atoms with Gasteiger partial charge in [0, 0.05) is 22.7 Å². The van der Waals surface area contributed by atoms with Crippen molar-refractivity contribution in [3.63, 3.8) is 0 Å². The van der Waals surface area contributed by atoms with E-state index in [9.17, 15) is 14.9 Å². The normalized spacial score (nSPS) is 9.73. The van der Waals surface area contributed by atoms with E-state index in [4.69, 9.17) is 23.2 Å². The molecule has 0 unspecified atom stereocenters. The summed E-state index contributed by atoms with van der Waals surface area (Å²) in [4.78, 5) is 20.3. The molecule has 80 valence electrons. The van der Waals surface area contributed by atoms with Gasteiger partial charge < -0.3 is 4.74 Å². The molecule has 0 aliphatic carbocycles. The fraction of sp³-hybridized carbons (Fsp3) is 0.125. The second kappa shape index (κ2) is 4.95. The molecular weight excluding hydrogens is 245 g/mol. The second-order valence-electron chi connectivity index (χ2n) is 2.56. The molecule has 1 aromatic rings. The van der Waals surface area contributed by atoms with E-state index < -0.39 is 10.4 Å². The first-order valence-corrected chi connectivity index (χ1v) is 4.51. The molecule has 0 bridgehead atoms. The first kappa shape index (κ1) is 11.7. The minimum absolute atomic E-state index is 0.169. The van der Waals surface area contributed by atoms with E-state index in [2.05, 4.69) is 4.74 Å².